The van der Waals surface area contributed by atoms with Gasteiger partial charge in [-0.25, -0.2) is 4.98 Å². The van der Waals surface area contributed by atoms with Crippen LogP contribution < -0.4 is 15.4 Å². The van der Waals surface area contributed by atoms with Gasteiger partial charge in [-0.1, -0.05) is 31.7 Å². The van der Waals surface area contributed by atoms with Gasteiger partial charge in [0.15, 0.2) is 0 Å². The molecule has 0 radical (unpaired) electrons. The van der Waals surface area contributed by atoms with Crippen molar-refractivity contribution >= 4 is 35.0 Å². The summed E-state index contributed by atoms with van der Waals surface area (Å²) < 4.78 is 5.38. The van der Waals surface area contributed by atoms with Crippen LogP contribution in [-0.4, -0.2) is 44.3 Å². The summed E-state index contributed by atoms with van der Waals surface area (Å²) in [7, 11) is 0. The largest absolute Gasteiger partial charge is 0.494 e. The fraction of sp³-hybridized carbons (Fsp3) is 0.304. The number of rotatable bonds is 11. The number of hydrogen-bond acceptors (Lipinski definition) is 8. The number of hydrogen-bond donors (Lipinski definition) is 3. The van der Waals surface area contributed by atoms with Gasteiger partial charge in [-0.2, -0.15) is 0 Å². The van der Waals surface area contributed by atoms with Gasteiger partial charge in [-0.15, -0.1) is 5.10 Å². The van der Waals surface area contributed by atoms with Gasteiger partial charge in [0.1, 0.15) is 11.6 Å². The summed E-state index contributed by atoms with van der Waals surface area (Å²) in [5.74, 6) is 0.513. The number of ether oxygens (including phenoxy) is 1. The Kier molecular flexibility index (Phi) is 8.79. The molecular formula is C23H26N6O5S. The zero-order valence-corrected chi connectivity index (χ0v) is 20.3. The van der Waals surface area contributed by atoms with Crippen LogP contribution in [-0.2, 0) is 4.79 Å². The van der Waals surface area contributed by atoms with Crippen molar-refractivity contribution in [3.8, 4) is 5.75 Å². The number of amides is 2. The average Bonchev–Trinajstić information content (AvgIpc) is 3.31. The minimum atomic E-state index is -0.553. The van der Waals surface area contributed by atoms with Crippen LogP contribution in [0, 0.1) is 16.0 Å². The maximum absolute atomic E-state index is 12.7. The number of aromatic amines is 1. The van der Waals surface area contributed by atoms with E-state index in [0.717, 1.165) is 17.5 Å². The lowest BCUT2D eigenvalue weighted by molar-refractivity contribution is -0.384. The third-order valence-electron chi connectivity index (χ3n) is 4.83. The highest BCUT2D eigenvalue weighted by Gasteiger charge is 2.24. The van der Waals surface area contributed by atoms with Crippen molar-refractivity contribution in [2.45, 2.75) is 32.0 Å². The summed E-state index contributed by atoms with van der Waals surface area (Å²) in [4.78, 5) is 39.8. The zero-order valence-electron chi connectivity index (χ0n) is 19.5. The Labute approximate surface area is 206 Å². The highest BCUT2D eigenvalue weighted by atomic mass is 32.2. The Bertz CT molecular complexity index is 1180. The zero-order chi connectivity index (χ0) is 25.4. The number of anilines is 1. The van der Waals surface area contributed by atoms with E-state index >= 15 is 0 Å². The number of benzene rings is 2. The number of nitro groups is 1. The van der Waals surface area contributed by atoms with E-state index in [4.69, 9.17) is 4.74 Å². The molecule has 0 unspecified atom stereocenters. The topological polar surface area (TPSA) is 152 Å². The lowest BCUT2D eigenvalue weighted by Gasteiger charge is -2.19. The Hall–Kier alpha value is -3.93. The lowest BCUT2D eigenvalue weighted by atomic mass is 10.0. The van der Waals surface area contributed by atoms with E-state index in [1.807, 2.05) is 20.8 Å². The van der Waals surface area contributed by atoms with Crippen molar-refractivity contribution in [2.75, 3.05) is 17.7 Å². The number of nitrogens with one attached hydrogen (secondary N) is 3. The molecule has 0 bridgehead atoms. The first-order valence-corrected chi connectivity index (χ1v) is 11.9. The summed E-state index contributed by atoms with van der Waals surface area (Å²) in [5, 5.41) is 24.0. The van der Waals surface area contributed by atoms with E-state index in [0.29, 0.717) is 23.3 Å². The molecule has 0 aliphatic carbocycles. The number of non-ortho nitro benzene ring substituents is 1. The van der Waals surface area contributed by atoms with Gasteiger partial charge in [-0.3, -0.25) is 24.8 Å². The molecule has 35 heavy (non-hydrogen) atoms. The van der Waals surface area contributed by atoms with Crippen LogP contribution in [0.25, 0.3) is 0 Å². The summed E-state index contributed by atoms with van der Waals surface area (Å²) in [6.45, 7) is 6.27. The quantitative estimate of drug-likeness (QED) is 0.204. The smallest absolute Gasteiger partial charge is 0.270 e. The molecule has 1 heterocycles. The lowest BCUT2D eigenvalue weighted by Crippen LogP contribution is -2.32. The fourth-order valence-electron chi connectivity index (χ4n) is 3.13. The molecule has 0 saturated carbocycles. The van der Waals surface area contributed by atoms with Gasteiger partial charge in [0.2, 0.25) is 11.1 Å². The van der Waals surface area contributed by atoms with Crippen molar-refractivity contribution < 1.29 is 19.2 Å². The van der Waals surface area contributed by atoms with E-state index in [-0.39, 0.29) is 28.8 Å². The number of aromatic nitrogens is 3. The molecule has 0 fully saturated rings. The summed E-state index contributed by atoms with van der Waals surface area (Å²) >= 11 is 1.15. The third-order valence-corrected chi connectivity index (χ3v) is 5.68. The number of carbonyl (C=O) groups is 2. The van der Waals surface area contributed by atoms with Gasteiger partial charge in [0, 0.05) is 23.4 Å². The number of H-pyrrole nitrogens is 1. The number of carbonyl (C=O) groups excluding carboxylic acids is 2. The molecule has 1 aromatic heterocycles. The summed E-state index contributed by atoms with van der Waals surface area (Å²) in [5.41, 5.74) is 0.656. The monoisotopic (exact) mass is 498 g/mol. The van der Waals surface area contributed by atoms with Crippen molar-refractivity contribution in [3.05, 3.63) is 70.0 Å². The molecule has 2 amide bonds. The van der Waals surface area contributed by atoms with E-state index in [1.54, 1.807) is 24.3 Å². The first-order chi connectivity index (χ1) is 16.8. The van der Waals surface area contributed by atoms with Crippen LogP contribution in [0.4, 0.5) is 11.4 Å². The second kappa shape index (κ2) is 12.0. The van der Waals surface area contributed by atoms with E-state index < -0.39 is 16.9 Å². The van der Waals surface area contributed by atoms with Gasteiger partial charge >= 0.3 is 0 Å². The Morgan fingerprint density at radius 1 is 1.20 bits per heavy atom. The Morgan fingerprint density at radius 2 is 1.94 bits per heavy atom. The summed E-state index contributed by atoms with van der Waals surface area (Å²) in [6.07, 6.45) is 0. The Balaban J connectivity index is 1.58. The molecule has 12 heteroatoms. The van der Waals surface area contributed by atoms with E-state index in [2.05, 4.69) is 25.8 Å². The third kappa shape index (κ3) is 7.27. The second-order valence-electron chi connectivity index (χ2n) is 7.80. The normalized spacial score (nSPS) is 11.7. The number of nitro benzene ring substituents is 1. The van der Waals surface area contributed by atoms with Gasteiger partial charge < -0.3 is 15.4 Å². The van der Waals surface area contributed by atoms with Crippen LogP contribution in [0.1, 0.15) is 43.0 Å². The predicted octanol–water partition coefficient (Wildman–Crippen LogP) is 3.97. The first-order valence-electron chi connectivity index (χ1n) is 10.9. The van der Waals surface area contributed by atoms with Crippen LogP contribution in [0.15, 0.2) is 53.7 Å². The molecule has 0 spiro atoms. The molecule has 3 N–H and O–H groups in total. The maximum atomic E-state index is 12.7. The number of thioether (sulfide) groups is 1. The minimum Gasteiger partial charge on any atom is -0.494 e. The van der Waals surface area contributed by atoms with Crippen LogP contribution in [0.5, 0.6) is 5.75 Å². The van der Waals surface area contributed by atoms with Crippen LogP contribution in [0.2, 0.25) is 0 Å². The Morgan fingerprint density at radius 3 is 2.60 bits per heavy atom. The second-order valence-corrected chi connectivity index (χ2v) is 8.74. The molecule has 11 nitrogen and oxygen atoms in total. The highest BCUT2D eigenvalue weighted by Crippen LogP contribution is 2.23. The maximum Gasteiger partial charge on any atom is 0.270 e. The standard InChI is InChI=1S/C23H26N6O5S/c1-4-34-18-10-8-16(9-11-18)24-19(30)13-35-23-26-21(27-28-23)20(14(2)3)25-22(31)15-6-5-7-17(12-15)29(32)33/h5-12,14,20H,4,13H2,1-3H3,(H,24,30)(H,25,31)(H,26,27,28)/t20-/m1/s1. The summed E-state index contributed by atoms with van der Waals surface area (Å²) in [6, 6.07) is 12.1. The molecule has 2 aromatic carbocycles. The fourth-order valence-corrected chi connectivity index (χ4v) is 3.73. The van der Waals surface area contributed by atoms with Crippen LogP contribution in [0.3, 0.4) is 0 Å². The molecule has 0 saturated heterocycles. The molecule has 1 atom stereocenters. The molecule has 3 rings (SSSR count). The van der Waals surface area contributed by atoms with Gasteiger partial charge in [0.25, 0.3) is 11.6 Å². The average molecular weight is 499 g/mol. The van der Waals surface area contributed by atoms with E-state index in [9.17, 15) is 19.7 Å². The van der Waals surface area contributed by atoms with Crippen molar-refractivity contribution in [2.24, 2.45) is 5.92 Å². The predicted molar refractivity (Wildman–Crippen MR) is 131 cm³/mol. The molecular weight excluding hydrogens is 472 g/mol. The first kappa shape index (κ1) is 25.7. The molecule has 0 aliphatic heterocycles. The molecule has 3 aromatic rings. The molecule has 0 aliphatic rings. The molecule has 184 valence electrons. The van der Waals surface area contributed by atoms with Crippen LogP contribution >= 0.6 is 11.8 Å². The minimum absolute atomic E-state index is 0.0496. The SMILES string of the molecule is CCOc1ccc(NC(=O)CSc2n[nH]c([C@H](NC(=O)c3cccc([N+](=O)[O-])c3)C(C)C)n2)cc1. The van der Waals surface area contributed by atoms with E-state index in [1.165, 1.54) is 24.3 Å². The highest BCUT2D eigenvalue weighted by molar-refractivity contribution is 7.99. The van der Waals surface area contributed by atoms with Crippen molar-refractivity contribution in [3.63, 3.8) is 0 Å². The van der Waals surface area contributed by atoms with Crippen molar-refractivity contribution in [1.82, 2.24) is 20.5 Å². The van der Waals surface area contributed by atoms with Crippen molar-refractivity contribution in [1.29, 1.82) is 0 Å². The van der Waals surface area contributed by atoms with Gasteiger partial charge in [0.05, 0.1) is 23.3 Å². The van der Waals surface area contributed by atoms with Gasteiger partial charge in [-0.05, 0) is 43.2 Å². The number of nitrogens with zero attached hydrogens (tertiary/aromatic N) is 3.